The van der Waals surface area contributed by atoms with Crippen molar-refractivity contribution in [2.75, 3.05) is 37.3 Å². The van der Waals surface area contributed by atoms with Crippen molar-refractivity contribution in [3.63, 3.8) is 0 Å². The summed E-state index contributed by atoms with van der Waals surface area (Å²) in [6.45, 7) is 6.74. The van der Waals surface area contributed by atoms with Crippen molar-refractivity contribution < 1.29 is 13.2 Å². The Balaban J connectivity index is 1.48. The number of aromatic nitrogens is 1. The summed E-state index contributed by atoms with van der Waals surface area (Å²) in [7, 11) is -3.24. The van der Waals surface area contributed by atoms with E-state index in [4.69, 9.17) is 0 Å². The van der Waals surface area contributed by atoms with Gasteiger partial charge in [0.15, 0.2) is 15.0 Å². The van der Waals surface area contributed by atoms with Crippen molar-refractivity contribution in [1.82, 2.24) is 9.88 Å². The van der Waals surface area contributed by atoms with E-state index in [1.165, 1.54) is 23.2 Å². The number of hydrogen-bond acceptors (Lipinski definition) is 6. The van der Waals surface area contributed by atoms with Crippen LogP contribution < -0.4 is 4.90 Å². The van der Waals surface area contributed by atoms with Gasteiger partial charge in [-0.1, -0.05) is 17.4 Å². The number of piperazine rings is 1. The van der Waals surface area contributed by atoms with Crippen molar-refractivity contribution in [1.29, 1.82) is 0 Å². The number of thiazole rings is 1. The lowest BCUT2D eigenvalue weighted by Crippen LogP contribution is -2.48. The first kappa shape index (κ1) is 19.8. The molecule has 0 saturated carbocycles. The summed E-state index contributed by atoms with van der Waals surface area (Å²) in [5.41, 5.74) is 3.83. The van der Waals surface area contributed by atoms with Crippen LogP contribution in [0.5, 0.6) is 0 Å². The van der Waals surface area contributed by atoms with Crippen LogP contribution in [-0.4, -0.2) is 56.6 Å². The van der Waals surface area contributed by atoms with Gasteiger partial charge in [0.05, 0.1) is 15.1 Å². The molecule has 0 spiro atoms. The van der Waals surface area contributed by atoms with Crippen molar-refractivity contribution >= 4 is 42.4 Å². The molecule has 1 aliphatic rings. The van der Waals surface area contributed by atoms with Crippen LogP contribution in [0.3, 0.4) is 0 Å². The highest BCUT2D eigenvalue weighted by Crippen LogP contribution is 2.31. The number of amides is 1. The fourth-order valence-electron chi connectivity index (χ4n) is 3.42. The Morgan fingerprint density at radius 3 is 2.38 bits per heavy atom. The van der Waals surface area contributed by atoms with Crippen LogP contribution in [0.15, 0.2) is 41.3 Å². The number of hydrogen-bond donors (Lipinski definition) is 0. The van der Waals surface area contributed by atoms with Crippen LogP contribution in [0.4, 0.5) is 5.13 Å². The molecule has 1 fully saturated rings. The Hall–Kier alpha value is -2.45. The third-order valence-electron chi connectivity index (χ3n) is 5.37. The third-order valence-corrected chi connectivity index (χ3v) is 7.56. The van der Waals surface area contributed by atoms with Crippen LogP contribution in [0.25, 0.3) is 10.2 Å². The monoisotopic (exact) mass is 429 g/mol. The number of aryl methyl sites for hydroxylation is 2. The minimum Gasteiger partial charge on any atom is -0.345 e. The third kappa shape index (κ3) is 4.00. The zero-order valence-electron chi connectivity index (χ0n) is 16.7. The zero-order valence-corrected chi connectivity index (χ0v) is 18.3. The molecule has 4 rings (SSSR count). The molecule has 0 N–H and O–H groups in total. The number of rotatable bonds is 3. The highest BCUT2D eigenvalue weighted by atomic mass is 32.2. The molecule has 1 aliphatic heterocycles. The van der Waals surface area contributed by atoms with E-state index in [1.54, 1.807) is 18.2 Å². The zero-order chi connectivity index (χ0) is 20.8. The Labute approximate surface area is 174 Å². The van der Waals surface area contributed by atoms with Crippen LogP contribution >= 0.6 is 11.3 Å². The first-order valence-electron chi connectivity index (χ1n) is 9.44. The van der Waals surface area contributed by atoms with Crippen LogP contribution in [0.1, 0.15) is 21.5 Å². The predicted molar refractivity (Wildman–Crippen MR) is 117 cm³/mol. The summed E-state index contributed by atoms with van der Waals surface area (Å²) in [5, 5.41) is 0.865. The van der Waals surface area contributed by atoms with Crippen molar-refractivity contribution in [2.24, 2.45) is 0 Å². The van der Waals surface area contributed by atoms with Gasteiger partial charge in [0, 0.05) is 38.0 Å². The van der Waals surface area contributed by atoms with E-state index in [0.29, 0.717) is 31.1 Å². The first-order valence-corrected chi connectivity index (χ1v) is 12.2. The fraction of sp³-hybridized carbons (Fsp3) is 0.333. The summed E-state index contributed by atoms with van der Waals surface area (Å²) < 4.78 is 24.4. The maximum absolute atomic E-state index is 12.8. The second-order valence-corrected chi connectivity index (χ2v) is 10.5. The molecule has 29 heavy (non-hydrogen) atoms. The number of benzene rings is 2. The minimum absolute atomic E-state index is 0.0647. The topological polar surface area (TPSA) is 70.6 Å². The molecule has 1 amide bonds. The van der Waals surface area contributed by atoms with E-state index < -0.39 is 9.84 Å². The number of carbonyl (C=O) groups excluding carboxylic acids is 1. The number of sulfone groups is 1. The molecule has 0 bridgehead atoms. The molecule has 6 nitrogen and oxygen atoms in total. The van der Waals surface area contributed by atoms with Gasteiger partial charge >= 0.3 is 0 Å². The number of nitrogens with zero attached hydrogens (tertiary/aromatic N) is 3. The normalized spacial score (nSPS) is 15.1. The van der Waals surface area contributed by atoms with Crippen molar-refractivity contribution in [2.45, 2.75) is 18.7 Å². The molecule has 3 aromatic rings. The van der Waals surface area contributed by atoms with Gasteiger partial charge in [-0.2, -0.15) is 0 Å². The first-order chi connectivity index (χ1) is 13.7. The SMILES string of the molecule is Cc1ccc(C(=O)N2CCN(c3nc4ccc(S(C)(=O)=O)cc4s3)CC2)cc1C. The van der Waals surface area contributed by atoms with E-state index >= 15 is 0 Å². The second-order valence-electron chi connectivity index (χ2n) is 7.48. The Morgan fingerprint density at radius 2 is 1.72 bits per heavy atom. The van der Waals surface area contributed by atoms with Crippen molar-refractivity contribution in [3.8, 4) is 0 Å². The Morgan fingerprint density at radius 1 is 1.00 bits per heavy atom. The second kappa shape index (κ2) is 7.42. The number of fused-ring (bicyclic) bond motifs is 1. The fourth-order valence-corrected chi connectivity index (χ4v) is 5.19. The van der Waals surface area contributed by atoms with Gasteiger partial charge in [-0.25, -0.2) is 13.4 Å². The Bertz CT molecular complexity index is 1190. The van der Waals surface area contributed by atoms with Gasteiger partial charge in [-0.05, 0) is 55.3 Å². The molecule has 8 heteroatoms. The molecule has 0 atom stereocenters. The van der Waals surface area contributed by atoms with Crippen LogP contribution in [0, 0.1) is 13.8 Å². The van der Waals surface area contributed by atoms with E-state index in [1.807, 2.05) is 36.9 Å². The van der Waals surface area contributed by atoms with Gasteiger partial charge in [-0.15, -0.1) is 0 Å². The molecule has 2 heterocycles. The maximum Gasteiger partial charge on any atom is 0.253 e. The van der Waals surface area contributed by atoms with Gasteiger partial charge in [-0.3, -0.25) is 4.79 Å². The number of anilines is 1. The summed E-state index contributed by atoms with van der Waals surface area (Å²) in [6.07, 6.45) is 1.21. The van der Waals surface area contributed by atoms with Crippen LogP contribution in [-0.2, 0) is 9.84 Å². The highest BCUT2D eigenvalue weighted by Gasteiger charge is 2.24. The predicted octanol–water partition coefficient (Wildman–Crippen LogP) is 3.28. The molecule has 152 valence electrons. The quantitative estimate of drug-likeness (QED) is 0.639. The van der Waals surface area contributed by atoms with Crippen LogP contribution in [0.2, 0.25) is 0 Å². The largest absolute Gasteiger partial charge is 0.345 e. The molecule has 0 radical (unpaired) electrons. The summed E-state index contributed by atoms with van der Waals surface area (Å²) in [5.74, 6) is 0.0647. The van der Waals surface area contributed by atoms with E-state index in [9.17, 15) is 13.2 Å². The summed E-state index contributed by atoms with van der Waals surface area (Å²) >= 11 is 1.49. The van der Waals surface area contributed by atoms with E-state index in [0.717, 1.165) is 26.5 Å². The minimum atomic E-state index is -3.24. The van der Waals surface area contributed by atoms with Gasteiger partial charge in [0.25, 0.3) is 5.91 Å². The molecule has 1 saturated heterocycles. The Kier molecular flexibility index (Phi) is 5.08. The van der Waals surface area contributed by atoms with Gasteiger partial charge in [0.2, 0.25) is 0 Å². The van der Waals surface area contributed by atoms with Gasteiger partial charge in [0.1, 0.15) is 0 Å². The lowest BCUT2D eigenvalue weighted by Gasteiger charge is -2.34. The van der Waals surface area contributed by atoms with E-state index in [-0.39, 0.29) is 5.91 Å². The van der Waals surface area contributed by atoms with Gasteiger partial charge < -0.3 is 9.80 Å². The highest BCUT2D eigenvalue weighted by molar-refractivity contribution is 7.90. The molecule has 0 unspecified atom stereocenters. The van der Waals surface area contributed by atoms with Crippen molar-refractivity contribution in [3.05, 3.63) is 53.1 Å². The van der Waals surface area contributed by atoms with E-state index in [2.05, 4.69) is 9.88 Å². The molecule has 0 aliphatic carbocycles. The summed E-state index contributed by atoms with van der Waals surface area (Å²) in [6, 6.07) is 10.9. The molecule has 2 aromatic carbocycles. The average Bonchev–Trinajstić information content (AvgIpc) is 3.12. The molecule has 1 aromatic heterocycles. The molecular formula is C21H23N3O3S2. The average molecular weight is 430 g/mol. The maximum atomic E-state index is 12.8. The summed E-state index contributed by atoms with van der Waals surface area (Å²) in [4.78, 5) is 21.8. The standard InChI is InChI=1S/C21H23N3O3S2/c1-14-4-5-16(12-15(14)2)20(25)23-8-10-24(11-9-23)21-22-18-7-6-17(29(3,26)27)13-19(18)28-21/h4-7,12-13H,8-11H2,1-3H3. The number of carbonyl (C=O) groups is 1. The lowest BCUT2D eigenvalue weighted by atomic mass is 10.1. The smallest absolute Gasteiger partial charge is 0.253 e. The molecular weight excluding hydrogens is 406 g/mol. The lowest BCUT2D eigenvalue weighted by molar-refractivity contribution is 0.0746.